The molecule has 1 aliphatic rings. The molecule has 1 aliphatic heterocycles. The predicted molar refractivity (Wildman–Crippen MR) is 97.6 cm³/mol. The van der Waals surface area contributed by atoms with Crippen LogP contribution < -0.4 is 4.90 Å². The molecule has 0 saturated carbocycles. The summed E-state index contributed by atoms with van der Waals surface area (Å²) in [6.45, 7) is 4.36. The van der Waals surface area contributed by atoms with Crippen molar-refractivity contribution in [2.24, 2.45) is 0 Å². The SMILES string of the molecule is CCSC1=C(c2ccc(C)cc2)SCN1c1ccccc1. The van der Waals surface area contributed by atoms with E-state index < -0.39 is 0 Å². The Hall–Kier alpha value is -1.32. The fourth-order valence-electron chi connectivity index (χ4n) is 2.36. The summed E-state index contributed by atoms with van der Waals surface area (Å²) in [6.07, 6.45) is 0. The van der Waals surface area contributed by atoms with E-state index in [1.165, 1.54) is 26.7 Å². The van der Waals surface area contributed by atoms with Crippen molar-refractivity contribution in [3.8, 4) is 0 Å². The molecule has 0 unspecified atom stereocenters. The van der Waals surface area contributed by atoms with Crippen LogP contribution in [0.5, 0.6) is 0 Å². The number of para-hydroxylation sites is 1. The molecular weight excluding hydrogens is 294 g/mol. The molecule has 0 fully saturated rings. The topological polar surface area (TPSA) is 3.24 Å². The summed E-state index contributed by atoms with van der Waals surface area (Å²) in [7, 11) is 0. The lowest BCUT2D eigenvalue weighted by molar-refractivity contribution is 1.17. The zero-order valence-electron chi connectivity index (χ0n) is 12.4. The number of aryl methyl sites for hydroxylation is 1. The highest BCUT2D eigenvalue weighted by molar-refractivity contribution is 8.11. The molecule has 0 atom stereocenters. The first-order chi connectivity index (χ1) is 10.3. The normalized spacial score (nSPS) is 14.9. The molecule has 21 heavy (non-hydrogen) atoms. The Balaban J connectivity index is 2.00. The van der Waals surface area contributed by atoms with Crippen LogP contribution in [0.3, 0.4) is 0 Å². The molecule has 1 heterocycles. The van der Waals surface area contributed by atoms with Gasteiger partial charge in [-0.05, 0) is 30.4 Å². The van der Waals surface area contributed by atoms with E-state index in [2.05, 4.69) is 73.3 Å². The molecule has 108 valence electrons. The first-order valence-electron chi connectivity index (χ1n) is 7.19. The van der Waals surface area contributed by atoms with Crippen molar-refractivity contribution in [3.05, 3.63) is 70.8 Å². The molecular formula is C18H19NS2. The fraction of sp³-hybridized carbons (Fsp3) is 0.222. The second kappa shape index (κ2) is 6.63. The number of hydrogen-bond donors (Lipinski definition) is 0. The minimum absolute atomic E-state index is 0.996. The van der Waals surface area contributed by atoms with Crippen molar-refractivity contribution in [2.75, 3.05) is 16.5 Å². The lowest BCUT2D eigenvalue weighted by Gasteiger charge is -2.21. The van der Waals surface area contributed by atoms with Crippen LogP contribution in [0, 0.1) is 6.92 Å². The largest absolute Gasteiger partial charge is 0.325 e. The van der Waals surface area contributed by atoms with E-state index in [-0.39, 0.29) is 0 Å². The molecule has 0 bridgehead atoms. The zero-order chi connectivity index (χ0) is 14.7. The molecule has 1 nitrogen and oxygen atoms in total. The maximum Gasteiger partial charge on any atom is 0.0904 e. The maximum absolute atomic E-state index is 2.42. The Morgan fingerprint density at radius 1 is 1.05 bits per heavy atom. The van der Waals surface area contributed by atoms with Crippen LogP contribution in [0.4, 0.5) is 5.69 Å². The third-order valence-corrected chi connectivity index (χ3v) is 5.66. The lowest BCUT2D eigenvalue weighted by atomic mass is 10.1. The van der Waals surface area contributed by atoms with Crippen LogP contribution in [-0.4, -0.2) is 11.6 Å². The van der Waals surface area contributed by atoms with Gasteiger partial charge in [0.15, 0.2) is 0 Å². The van der Waals surface area contributed by atoms with Crippen LogP contribution in [0.15, 0.2) is 59.6 Å². The minimum Gasteiger partial charge on any atom is -0.325 e. The molecule has 0 spiro atoms. The first-order valence-corrected chi connectivity index (χ1v) is 9.16. The van der Waals surface area contributed by atoms with Gasteiger partial charge in [0.25, 0.3) is 0 Å². The molecule has 0 saturated heterocycles. The summed E-state index contributed by atoms with van der Waals surface area (Å²) < 4.78 is 0. The molecule has 0 aromatic heterocycles. The molecule has 2 aromatic carbocycles. The Labute approximate surface area is 135 Å². The van der Waals surface area contributed by atoms with Gasteiger partial charge in [-0.3, -0.25) is 0 Å². The van der Waals surface area contributed by atoms with E-state index in [9.17, 15) is 0 Å². The van der Waals surface area contributed by atoms with Gasteiger partial charge in [0.2, 0.25) is 0 Å². The molecule has 0 amide bonds. The van der Waals surface area contributed by atoms with Crippen molar-refractivity contribution in [1.29, 1.82) is 0 Å². The van der Waals surface area contributed by atoms with Gasteiger partial charge in [-0.1, -0.05) is 55.0 Å². The van der Waals surface area contributed by atoms with Crippen molar-refractivity contribution in [3.63, 3.8) is 0 Å². The number of benzene rings is 2. The Kier molecular flexibility index (Phi) is 4.61. The second-order valence-corrected chi connectivity index (χ2v) is 7.18. The van der Waals surface area contributed by atoms with Gasteiger partial charge in [-0.2, -0.15) is 0 Å². The van der Waals surface area contributed by atoms with Crippen LogP contribution >= 0.6 is 23.5 Å². The van der Waals surface area contributed by atoms with E-state index >= 15 is 0 Å². The second-order valence-electron chi connectivity index (χ2n) is 4.97. The minimum atomic E-state index is 0.996. The van der Waals surface area contributed by atoms with Crippen LogP contribution in [0.25, 0.3) is 4.91 Å². The van der Waals surface area contributed by atoms with E-state index in [1.54, 1.807) is 0 Å². The maximum atomic E-state index is 2.42. The highest BCUT2D eigenvalue weighted by Gasteiger charge is 2.25. The zero-order valence-corrected chi connectivity index (χ0v) is 14.0. The van der Waals surface area contributed by atoms with Gasteiger partial charge < -0.3 is 4.90 Å². The van der Waals surface area contributed by atoms with E-state index in [4.69, 9.17) is 0 Å². The quantitative estimate of drug-likeness (QED) is 0.725. The lowest BCUT2D eigenvalue weighted by Crippen LogP contribution is -2.16. The molecule has 2 aromatic rings. The molecule has 3 heteroatoms. The number of hydrogen-bond acceptors (Lipinski definition) is 3. The van der Waals surface area contributed by atoms with Gasteiger partial charge in [0.1, 0.15) is 0 Å². The summed E-state index contributed by atoms with van der Waals surface area (Å²) in [6, 6.07) is 19.5. The van der Waals surface area contributed by atoms with Crippen LogP contribution in [0.1, 0.15) is 18.1 Å². The molecule has 0 aliphatic carbocycles. The van der Waals surface area contributed by atoms with Gasteiger partial charge in [0, 0.05) is 10.6 Å². The average Bonchev–Trinajstić information content (AvgIpc) is 2.93. The summed E-state index contributed by atoms with van der Waals surface area (Å²) >= 11 is 3.87. The average molecular weight is 313 g/mol. The van der Waals surface area contributed by atoms with Gasteiger partial charge in [0.05, 0.1) is 10.9 Å². The first kappa shape index (κ1) is 14.6. The summed E-state index contributed by atoms with van der Waals surface area (Å²) in [5.41, 5.74) is 3.93. The number of rotatable bonds is 4. The number of thioether (sulfide) groups is 2. The van der Waals surface area contributed by atoms with Gasteiger partial charge in [-0.15, -0.1) is 23.5 Å². The summed E-state index contributed by atoms with van der Waals surface area (Å²) in [5, 5.41) is 1.39. The van der Waals surface area contributed by atoms with Crippen LogP contribution in [-0.2, 0) is 0 Å². The van der Waals surface area contributed by atoms with Crippen molar-refractivity contribution in [2.45, 2.75) is 13.8 Å². The third-order valence-electron chi connectivity index (χ3n) is 3.44. The Morgan fingerprint density at radius 2 is 1.76 bits per heavy atom. The molecule has 0 radical (unpaired) electrons. The smallest absolute Gasteiger partial charge is 0.0904 e. The predicted octanol–water partition coefficient (Wildman–Crippen LogP) is 5.59. The Morgan fingerprint density at radius 3 is 2.43 bits per heavy atom. The van der Waals surface area contributed by atoms with Gasteiger partial charge >= 0.3 is 0 Å². The van der Waals surface area contributed by atoms with Gasteiger partial charge in [-0.25, -0.2) is 0 Å². The number of nitrogens with zero attached hydrogens (tertiary/aromatic N) is 1. The van der Waals surface area contributed by atoms with Crippen molar-refractivity contribution < 1.29 is 0 Å². The Bertz CT molecular complexity index is 632. The standard InChI is InChI=1S/C18H19NS2/c1-3-20-18-17(15-11-9-14(2)10-12-15)21-13-19(18)16-7-5-4-6-8-16/h4-12H,3,13H2,1-2H3. The molecule has 3 rings (SSSR count). The van der Waals surface area contributed by atoms with E-state index in [1.807, 2.05) is 23.5 Å². The van der Waals surface area contributed by atoms with Crippen molar-refractivity contribution in [1.82, 2.24) is 0 Å². The van der Waals surface area contributed by atoms with E-state index in [0.717, 1.165) is 11.6 Å². The summed E-state index contributed by atoms with van der Waals surface area (Å²) in [4.78, 5) is 3.83. The fourth-order valence-corrected chi connectivity index (χ4v) is 4.72. The van der Waals surface area contributed by atoms with Crippen molar-refractivity contribution >= 4 is 34.1 Å². The van der Waals surface area contributed by atoms with E-state index in [0.29, 0.717) is 0 Å². The highest BCUT2D eigenvalue weighted by atomic mass is 32.2. The third kappa shape index (κ3) is 3.14. The monoisotopic (exact) mass is 313 g/mol. The molecule has 0 N–H and O–H groups in total. The summed E-state index contributed by atoms with van der Waals surface area (Å²) in [5.74, 6) is 2.09. The number of anilines is 1. The highest BCUT2D eigenvalue weighted by Crippen LogP contribution is 2.46. The van der Waals surface area contributed by atoms with Crippen LogP contribution in [0.2, 0.25) is 0 Å².